The third-order valence-electron chi connectivity index (χ3n) is 3.78. The summed E-state index contributed by atoms with van der Waals surface area (Å²) in [5.41, 5.74) is 0.960. The molecule has 1 atom stereocenters. The Kier molecular flexibility index (Phi) is 4.56. The highest BCUT2D eigenvalue weighted by Crippen LogP contribution is 2.26. The number of aromatic nitrogens is 1. The van der Waals surface area contributed by atoms with E-state index in [2.05, 4.69) is 24.9 Å². The lowest BCUT2D eigenvalue weighted by Crippen LogP contribution is -2.24. The van der Waals surface area contributed by atoms with E-state index in [4.69, 9.17) is 0 Å². The van der Waals surface area contributed by atoms with Gasteiger partial charge in [-0.1, -0.05) is 20.3 Å². The van der Waals surface area contributed by atoms with Crippen molar-refractivity contribution in [1.29, 1.82) is 5.26 Å². The van der Waals surface area contributed by atoms with Gasteiger partial charge in [0.05, 0.1) is 22.1 Å². The number of benzene rings is 1. The van der Waals surface area contributed by atoms with Crippen molar-refractivity contribution in [2.24, 2.45) is 5.92 Å². The molecule has 0 N–H and O–H groups in total. The van der Waals surface area contributed by atoms with Crippen LogP contribution in [0.15, 0.2) is 24.3 Å². The molecule has 0 saturated carbocycles. The molecule has 6 nitrogen and oxygen atoms in total. The fraction of sp³-hybridized carbons (Fsp3) is 0.375. The number of non-ortho nitro benzene ring substituents is 1. The van der Waals surface area contributed by atoms with Crippen molar-refractivity contribution in [2.45, 2.75) is 20.3 Å². The van der Waals surface area contributed by atoms with Gasteiger partial charge in [0.25, 0.3) is 5.69 Å². The van der Waals surface area contributed by atoms with Crippen LogP contribution in [0.2, 0.25) is 0 Å². The van der Waals surface area contributed by atoms with Crippen molar-refractivity contribution in [1.82, 2.24) is 4.98 Å². The van der Waals surface area contributed by atoms with Gasteiger partial charge in [0.15, 0.2) is 0 Å². The van der Waals surface area contributed by atoms with Crippen LogP contribution < -0.4 is 4.90 Å². The van der Waals surface area contributed by atoms with Gasteiger partial charge < -0.3 is 4.90 Å². The SMILES string of the molecule is CCC(C)CN(C)c1cc(C#N)c2cc([N+](=O)[O-])ccc2n1. The van der Waals surface area contributed by atoms with Gasteiger partial charge in [0.1, 0.15) is 5.82 Å². The molecular formula is C16H18N4O2. The molecule has 2 rings (SSSR count). The van der Waals surface area contributed by atoms with Gasteiger partial charge in [-0.25, -0.2) is 4.98 Å². The molecule has 1 aromatic carbocycles. The van der Waals surface area contributed by atoms with Gasteiger partial charge in [0.2, 0.25) is 0 Å². The fourth-order valence-corrected chi connectivity index (χ4v) is 2.29. The Bertz CT molecular complexity index is 752. The minimum Gasteiger partial charge on any atom is -0.359 e. The molecule has 1 heterocycles. The second-order valence-corrected chi connectivity index (χ2v) is 5.49. The van der Waals surface area contributed by atoms with Crippen LogP contribution in [-0.2, 0) is 0 Å². The number of nitro groups is 1. The van der Waals surface area contributed by atoms with Crippen LogP contribution in [0.25, 0.3) is 10.9 Å². The topological polar surface area (TPSA) is 83.1 Å². The monoisotopic (exact) mass is 298 g/mol. The van der Waals surface area contributed by atoms with E-state index in [1.54, 1.807) is 12.1 Å². The van der Waals surface area contributed by atoms with Crippen molar-refractivity contribution in [3.63, 3.8) is 0 Å². The van der Waals surface area contributed by atoms with Crippen molar-refractivity contribution >= 4 is 22.4 Å². The lowest BCUT2D eigenvalue weighted by molar-refractivity contribution is -0.384. The minimum absolute atomic E-state index is 0.0356. The van der Waals surface area contributed by atoms with Gasteiger partial charge in [-0.3, -0.25) is 10.1 Å². The van der Waals surface area contributed by atoms with E-state index in [1.165, 1.54) is 12.1 Å². The summed E-state index contributed by atoms with van der Waals surface area (Å²) in [4.78, 5) is 16.9. The quantitative estimate of drug-likeness (QED) is 0.623. The normalized spacial score (nSPS) is 11.9. The Morgan fingerprint density at radius 2 is 2.18 bits per heavy atom. The standard InChI is InChI=1S/C16H18N4O2/c1-4-11(2)10-19(3)16-7-12(9-17)14-8-13(20(21)22)5-6-15(14)18-16/h5-8,11H,4,10H2,1-3H3. The van der Waals surface area contributed by atoms with Crippen LogP contribution >= 0.6 is 0 Å². The zero-order valence-corrected chi connectivity index (χ0v) is 12.9. The molecule has 0 amide bonds. The van der Waals surface area contributed by atoms with Crippen molar-refractivity contribution in [3.8, 4) is 6.07 Å². The van der Waals surface area contributed by atoms with Crippen LogP contribution in [0.3, 0.4) is 0 Å². The maximum absolute atomic E-state index is 10.9. The summed E-state index contributed by atoms with van der Waals surface area (Å²) in [6.45, 7) is 5.13. The maximum atomic E-state index is 10.9. The number of rotatable bonds is 5. The average molecular weight is 298 g/mol. The number of anilines is 1. The third-order valence-corrected chi connectivity index (χ3v) is 3.78. The summed E-state index contributed by atoms with van der Waals surface area (Å²) in [6, 6.07) is 8.20. The van der Waals surface area contributed by atoms with E-state index < -0.39 is 4.92 Å². The molecule has 0 bridgehead atoms. The van der Waals surface area contributed by atoms with Crippen molar-refractivity contribution in [2.75, 3.05) is 18.5 Å². The zero-order chi connectivity index (χ0) is 16.3. The highest BCUT2D eigenvalue weighted by Gasteiger charge is 2.14. The molecule has 0 aliphatic rings. The second kappa shape index (κ2) is 6.39. The molecule has 2 aromatic rings. The molecular weight excluding hydrogens is 280 g/mol. The molecule has 0 saturated heterocycles. The lowest BCUT2D eigenvalue weighted by Gasteiger charge is -2.22. The summed E-state index contributed by atoms with van der Waals surface area (Å²) in [5.74, 6) is 1.23. The molecule has 6 heteroatoms. The first kappa shape index (κ1) is 15.7. The van der Waals surface area contributed by atoms with E-state index >= 15 is 0 Å². The van der Waals surface area contributed by atoms with Crippen LogP contribution in [0.4, 0.5) is 11.5 Å². The van der Waals surface area contributed by atoms with E-state index in [0.717, 1.165) is 13.0 Å². The Hall–Kier alpha value is -2.68. The Labute approximate surface area is 129 Å². The molecule has 0 radical (unpaired) electrons. The number of nitrogens with zero attached hydrogens (tertiary/aromatic N) is 4. The van der Waals surface area contributed by atoms with Crippen molar-refractivity contribution < 1.29 is 4.92 Å². The summed E-state index contributed by atoms with van der Waals surface area (Å²) in [7, 11) is 1.94. The minimum atomic E-state index is -0.469. The number of pyridine rings is 1. The predicted molar refractivity (Wildman–Crippen MR) is 85.8 cm³/mol. The van der Waals surface area contributed by atoms with Crippen molar-refractivity contribution in [3.05, 3.63) is 39.9 Å². The van der Waals surface area contributed by atoms with Gasteiger partial charge in [-0.05, 0) is 18.1 Å². The van der Waals surface area contributed by atoms with Crippen LogP contribution in [0.1, 0.15) is 25.8 Å². The van der Waals surface area contributed by atoms with Gasteiger partial charge >= 0.3 is 0 Å². The van der Waals surface area contributed by atoms with Gasteiger partial charge in [-0.2, -0.15) is 5.26 Å². The number of fused-ring (bicyclic) bond motifs is 1. The zero-order valence-electron chi connectivity index (χ0n) is 12.9. The number of hydrogen-bond donors (Lipinski definition) is 0. The molecule has 0 fully saturated rings. The average Bonchev–Trinajstić information content (AvgIpc) is 2.52. The summed E-state index contributed by atoms with van der Waals surface area (Å²) in [5, 5.41) is 20.7. The summed E-state index contributed by atoms with van der Waals surface area (Å²) < 4.78 is 0. The summed E-state index contributed by atoms with van der Waals surface area (Å²) in [6.07, 6.45) is 1.06. The summed E-state index contributed by atoms with van der Waals surface area (Å²) >= 11 is 0. The Morgan fingerprint density at radius 1 is 1.45 bits per heavy atom. The number of nitriles is 1. The molecule has 1 aromatic heterocycles. The van der Waals surface area contributed by atoms with E-state index in [9.17, 15) is 15.4 Å². The fourth-order valence-electron chi connectivity index (χ4n) is 2.29. The van der Waals surface area contributed by atoms with Gasteiger partial charge in [-0.15, -0.1) is 0 Å². The van der Waals surface area contributed by atoms with Gasteiger partial charge in [0, 0.05) is 31.1 Å². The molecule has 0 spiro atoms. The first-order valence-corrected chi connectivity index (χ1v) is 7.16. The van der Waals surface area contributed by atoms with Crippen LogP contribution in [-0.4, -0.2) is 23.5 Å². The van der Waals surface area contributed by atoms with E-state index in [1.807, 2.05) is 11.9 Å². The lowest BCUT2D eigenvalue weighted by atomic mass is 10.1. The first-order valence-electron chi connectivity index (χ1n) is 7.16. The molecule has 0 aliphatic carbocycles. The number of nitro benzene ring substituents is 1. The molecule has 114 valence electrons. The molecule has 0 aliphatic heterocycles. The second-order valence-electron chi connectivity index (χ2n) is 5.49. The third kappa shape index (κ3) is 3.14. The van der Waals surface area contributed by atoms with Crippen LogP contribution in [0, 0.1) is 27.4 Å². The first-order chi connectivity index (χ1) is 10.5. The highest BCUT2D eigenvalue weighted by atomic mass is 16.6. The van der Waals surface area contributed by atoms with E-state index in [0.29, 0.717) is 28.2 Å². The smallest absolute Gasteiger partial charge is 0.270 e. The molecule has 1 unspecified atom stereocenters. The maximum Gasteiger partial charge on any atom is 0.270 e. The predicted octanol–water partition coefficient (Wildman–Crippen LogP) is 3.50. The molecule has 22 heavy (non-hydrogen) atoms. The van der Waals surface area contributed by atoms with Crippen LogP contribution in [0.5, 0.6) is 0 Å². The van der Waals surface area contributed by atoms with E-state index in [-0.39, 0.29) is 5.69 Å². The Morgan fingerprint density at radius 3 is 2.77 bits per heavy atom. The highest BCUT2D eigenvalue weighted by molar-refractivity contribution is 5.88. The Balaban J connectivity index is 2.50. The number of hydrogen-bond acceptors (Lipinski definition) is 5. The largest absolute Gasteiger partial charge is 0.359 e.